The van der Waals surface area contributed by atoms with E-state index in [1.807, 2.05) is 11.0 Å². The SMILES string of the molecule is CN(C)C(=O)N1CC2CN(c3ncccn3)CC2C1. The third-order valence-electron chi connectivity index (χ3n) is 3.97. The largest absolute Gasteiger partial charge is 0.340 e. The quantitative estimate of drug-likeness (QED) is 0.740. The number of aromatic nitrogens is 2. The predicted molar refractivity (Wildman–Crippen MR) is 71.9 cm³/mol. The van der Waals surface area contributed by atoms with Crippen LogP contribution < -0.4 is 4.90 Å². The average Bonchev–Trinajstić information content (AvgIpc) is 2.96. The first-order chi connectivity index (χ1) is 9.15. The number of hydrogen-bond donors (Lipinski definition) is 0. The summed E-state index contributed by atoms with van der Waals surface area (Å²) in [6, 6.07) is 1.95. The van der Waals surface area contributed by atoms with Gasteiger partial charge in [-0.05, 0) is 6.07 Å². The fourth-order valence-corrected chi connectivity index (χ4v) is 3.05. The van der Waals surface area contributed by atoms with Crippen molar-refractivity contribution in [3.63, 3.8) is 0 Å². The van der Waals surface area contributed by atoms with Crippen molar-refractivity contribution in [1.82, 2.24) is 19.8 Å². The van der Waals surface area contributed by atoms with E-state index in [1.165, 1.54) is 0 Å². The molecule has 2 fully saturated rings. The molecule has 0 radical (unpaired) electrons. The van der Waals surface area contributed by atoms with Gasteiger partial charge < -0.3 is 14.7 Å². The fourth-order valence-electron chi connectivity index (χ4n) is 3.05. The normalized spacial score (nSPS) is 25.6. The van der Waals surface area contributed by atoms with Crippen molar-refractivity contribution in [2.24, 2.45) is 11.8 Å². The molecule has 3 heterocycles. The molecule has 0 N–H and O–H groups in total. The molecule has 2 atom stereocenters. The Labute approximate surface area is 113 Å². The van der Waals surface area contributed by atoms with Gasteiger partial charge in [0.25, 0.3) is 0 Å². The molecule has 1 aromatic heterocycles. The summed E-state index contributed by atoms with van der Waals surface area (Å²) in [6.07, 6.45) is 3.55. The summed E-state index contributed by atoms with van der Waals surface area (Å²) in [5, 5.41) is 0. The number of carbonyl (C=O) groups excluding carboxylic acids is 1. The summed E-state index contributed by atoms with van der Waals surface area (Å²) in [5.41, 5.74) is 0. The molecule has 102 valence electrons. The summed E-state index contributed by atoms with van der Waals surface area (Å²) < 4.78 is 0. The Hall–Kier alpha value is -1.85. The Kier molecular flexibility index (Phi) is 3.00. The minimum absolute atomic E-state index is 0.122. The lowest BCUT2D eigenvalue weighted by molar-refractivity contribution is 0.179. The molecule has 1 aromatic rings. The summed E-state index contributed by atoms with van der Waals surface area (Å²) in [7, 11) is 3.61. The molecular formula is C13H19N5O. The first-order valence-corrected chi connectivity index (χ1v) is 6.63. The van der Waals surface area contributed by atoms with Gasteiger partial charge in [-0.25, -0.2) is 14.8 Å². The predicted octanol–water partition coefficient (Wildman–Crippen LogP) is 0.526. The van der Waals surface area contributed by atoms with Crippen molar-refractivity contribution in [2.45, 2.75) is 0 Å². The number of nitrogens with zero attached hydrogens (tertiary/aromatic N) is 5. The smallest absolute Gasteiger partial charge is 0.319 e. The van der Waals surface area contributed by atoms with E-state index in [4.69, 9.17) is 0 Å². The molecule has 6 heteroatoms. The van der Waals surface area contributed by atoms with E-state index >= 15 is 0 Å². The average molecular weight is 261 g/mol. The number of fused-ring (bicyclic) bond motifs is 1. The monoisotopic (exact) mass is 261 g/mol. The molecule has 2 amide bonds. The van der Waals surface area contributed by atoms with E-state index in [0.29, 0.717) is 11.8 Å². The molecule has 3 rings (SSSR count). The van der Waals surface area contributed by atoms with E-state index in [2.05, 4.69) is 14.9 Å². The van der Waals surface area contributed by atoms with Crippen LogP contribution in [0.25, 0.3) is 0 Å². The number of anilines is 1. The first-order valence-electron chi connectivity index (χ1n) is 6.63. The maximum atomic E-state index is 11.9. The highest BCUT2D eigenvalue weighted by molar-refractivity contribution is 5.74. The van der Waals surface area contributed by atoms with Crippen molar-refractivity contribution in [1.29, 1.82) is 0 Å². The topological polar surface area (TPSA) is 52.6 Å². The molecule has 0 spiro atoms. The number of amides is 2. The van der Waals surface area contributed by atoms with Gasteiger partial charge in [0.2, 0.25) is 5.95 Å². The molecule has 2 saturated heterocycles. The van der Waals surface area contributed by atoms with Crippen molar-refractivity contribution in [3.8, 4) is 0 Å². The number of hydrogen-bond acceptors (Lipinski definition) is 4. The van der Waals surface area contributed by atoms with Crippen molar-refractivity contribution < 1.29 is 4.79 Å². The van der Waals surface area contributed by atoms with Crippen LogP contribution in [0.5, 0.6) is 0 Å². The van der Waals surface area contributed by atoms with Gasteiger partial charge in [-0.15, -0.1) is 0 Å². The molecule has 19 heavy (non-hydrogen) atoms. The summed E-state index contributed by atoms with van der Waals surface area (Å²) in [6.45, 7) is 3.60. The molecular weight excluding hydrogens is 242 g/mol. The highest BCUT2D eigenvalue weighted by Crippen LogP contribution is 2.32. The van der Waals surface area contributed by atoms with E-state index in [9.17, 15) is 4.79 Å². The maximum absolute atomic E-state index is 11.9. The van der Waals surface area contributed by atoms with Crippen LogP contribution in [0.2, 0.25) is 0 Å². The molecule has 0 aliphatic carbocycles. The molecule has 0 saturated carbocycles. The third-order valence-corrected chi connectivity index (χ3v) is 3.97. The summed E-state index contributed by atoms with van der Waals surface area (Å²) in [5.74, 6) is 1.91. The lowest BCUT2D eigenvalue weighted by atomic mass is 10.0. The number of likely N-dealkylation sites (tertiary alicyclic amines) is 1. The number of urea groups is 1. The Morgan fingerprint density at radius 3 is 2.26 bits per heavy atom. The van der Waals surface area contributed by atoms with Gasteiger partial charge in [0, 0.05) is 64.5 Å². The molecule has 0 bridgehead atoms. The second-order valence-electron chi connectivity index (χ2n) is 5.56. The number of rotatable bonds is 1. The van der Waals surface area contributed by atoms with Crippen LogP contribution in [0.1, 0.15) is 0 Å². The Morgan fingerprint density at radius 1 is 1.16 bits per heavy atom. The second kappa shape index (κ2) is 4.68. The Morgan fingerprint density at radius 2 is 1.74 bits per heavy atom. The van der Waals surface area contributed by atoms with Crippen molar-refractivity contribution >= 4 is 12.0 Å². The maximum Gasteiger partial charge on any atom is 0.319 e. The Bertz CT molecular complexity index is 449. The zero-order valence-corrected chi connectivity index (χ0v) is 11.4. The van der Waals surface area contributed by atoms with E-state index in [0.717, 1.165) is 32.1 Å². The van der Waals surface area contributed by atoms with Gasteiger partial charge in [0.15, 0.2) is 0 Å². The van der Waals surface area contributed by atoms with Gasteiger partial charge in [-0.1, -0.05) is 0 Å². The van der Waals surface area contributed by atoms with Crippen LogP contribution in [-0.2, 0) is 0 Å². The molecule has 6 nitrogen and oxygen atoms in total. The van der Waals surface area contributed by atoms with Crippen LogP contribution in [0.15, 0.2) is 18.5 Å². The van der Waals surface area contributed by atoms with Crippen molar-refractivity contribution in [3.05, 3.63) is 18.5 Å². The first kappa shape index (κ1) is 12.2. The molecule has 2 aliphatic heterocycles. The standard InChI is InChI=1S/C13H19N5O/c1-16(2)13(19)18-8-10-6-17(7-11(10)9-18)12-14-4-3-5-15-12/h3-5,10-11H,6-9H2,1-2H3. The minimum atomic E-state index is 0.122. The Balaban J connectivity index is 1.64. The zero-order valence-electron chi connectivity index (χ0n) is 11.4. The van der Waals surface area contributed by atoms with Gasteiger partial charge in [0.1, 0.15) is 0 Å². The lowest BCUT2D eigenvalue weighted by Gasteiger charge is -2.24. The third kappa shape index (κ3) is 2.22. The van der Waals surface area contributed by atoms with Gasteiger partial charge in [-0.3, -0.25) is 0 Å². The fraction of sp³-hybridized carbons (Fsp3) is 0.615. The van der Waals surface area contributed by atoms with Gasteiger partial charge in [0.05, 0.1) is 0 Å². The summed E-state index contributed by atoms with van der Waals surface area (Å²) >= 11 is 0. The van der Waals surface area contributed by atoms with Gasteiger partial charge in [-0.2, -0.15) is 0 Å². The summed E-state index contributed by atoms with van der Waals surface area (Å²) in [4.78, 5) is 26.4. The minimum Gasteiger partial charge on any atom is -0.340 e. The zero-order chi connectivity index (χ0) is 13.4. The van der Waals surface area contributed by atoms with Crippen LogP contribution in [0.3, 0.4) is 0 Å². The van der Waals surface area contributed by atoms with E-state index in [1.54, 1.807) is 31.4 Å². The van der Waals surface area contributed by atoms with Gasteiger partial charge >= 0.3 is 6.03 Å². The van der Waals surface area contributed by atoms with Crippen molar-refractivity contribution in [2.75, 3.05) is 45.2 Å². The van der Waals surface area contributed by atoms with Crippen LogP contribution in [0, 0.1) is 11.8 Å². The van der Waals surface area contributed by atoms with E-state index in [-0.39, 0.29) is 6.03 Å². The number of carbonyl (C=O) groups is 1. The van der Waals surface area contributed by atoms with Crippen LogP contribution in [0.4, 0.5) is 10.7 Å². The highest BCUT2D eigenvalue weighted by Gasteiger charge is 2.42. The second-order valence-corrected chi connectivity index (χ2v) is 5.56. The highest BCUT2D eigenvalue weighted by atomic mass is 16.2. The van der Waals surface area contributed by atoms with Crippen LogP contribution in [-0.4, -0.2) is 66.1 Å². The van der Waals surface area contributed by atoms with Crippen LogP contribution >= 0.6 is 0 Å². The molecule has 0 aromatic carbocycles. The van der Waals surface area contributed by atoms with E-state index < -0.39 is 0 Å². The molecule has 2 aliphatic rings. The molecule has 2 unspecified atom stereocenters. The lowest BCUT2D eigenvalue weighted by Crippen LogP contribution is -2.39.